The summed E-state index contributed by atoms with van der Waals surface area (Å²) in [4.78, 5) is 7.77. The predicted molar refractivity (Wildman–Crippen MR) is 103 cm³/mol. The third-order valence-corrected chi connectivity index (χ3v) is 5.77. The molecule has 2 heterocycles. The topological polar surface area (TPSA) is 19.0 Å². The Hall–Kier alpha value is -0.160. The van der Waals surface area contributed by atoms with Crippen LogP contribution in [0.2, 0.25) is 0 Å². The van der Waals surface area contributed by atoms with Gasteiger partial charge in [0.1, 0.15) is 0 Å². The van der Waals surface area contributed by atoms with Gasteiger partial charge in [-0.25, -0.2) is 0 Å². The second-order valence-corrected chi connectivity index (χ2v) is 8.72. The lowest BCUT2D eigenvalue weighted by molar-refractivity contribution is -0.0118. The normalized spacial score (nSPS) is 27.2. The number of nitrogens with zero attached hydrogens (tertiary/aromatic N) is 3. The van der Waals surface area contributed by atoms with Crippen LogP contribution in [0.25, 0.3) is 0 Å². The van der Waals surface area contributed by atoms with Gasteiger partial charge in [0.05, 0.1) is 12.2 Å². The van der Waals surface area contributed by atoms with E-state index in [0.717, 1.165) is 6.54 Å². The van der Waals surface area contributed by atoms with E-state index in [2.05, 4.69) is 56.2 Å². The summed E-state index contributed by atoms with van der Waals surface area (Å²) in [5.41, 5.74) is 0. The van der Waals surface area contributed by atoms with E-state index in [9.17, 15) is 0 Å². The van der Waals surface area contributed by atoms with Crippen LogP contribution in [0.4, 0.5) is 0 Å². The number of hydrogen-bond acceptors (Lipinski definition) is 4. The third kappa shape index (κ3) is 6.29. The van der Waals surface area contributed by atoms with Crippen LogP contribution in [0.3, 0.4) is 0 Å². The van der Waals surface area contributed by atoms with E-state index in [1.54, 1.807) is 0 Å². The van der Waals surface area contributed by atoms with E-state index in [-0.39, 0.29) is 0 Å². The third-order valence-electron chi connectivity index (χ3n) is 5.77. The van der Waals surface area contributed by atoms with Crippen LogP contribution >= 0.6 is 0 Å². The number of hydrogen-bond donors (Lipinski definition) is 0. The van der Waals surface area contributed by atoms with Gasteiger partial charge < -0.3 is 9.64 Å². The van der Waals surface area contributed by atoms with Gasteiger partial charge in [-0.15, -0.1) is 0 Å². The molecule has 0 amide bonds. The van der Waals surface area contributed by atoms with E-state index in [0.29, 0.717) is 30.2 Å². The Morgan fingerprint density at radius 1 is 0.833 bits per heavy atom. The summed E-state index contributed by atoms with van der Waals surface area (Å²) < 4.78 is 6.33. The van der Waals surface area contributed by atoms with Gasteiger partial charge in [-0.1, -0.05) is 6.92 Å². The minimum Gasteiger partial charge on any atom is -0.374 e. The van der Waals surface area contributed by atoms with Crippen LogP contribution in [-0.2, 0) is 4.74 Å². The number of likely N-dealkylation sites (tertiary alicyclic amines) is 1. The predicted octanol–water partition coefficient (Wildman–Crippen LogP) is 2.93. The largest absolute Gasteiger partial charge is 0.374 e. The van der Waals surface area contributed by atoms with E-state index < -0.39 is 0 Å². The van der Waals surface area contributed by atoms with Crippen LogP contribution in [0.5, 0.6) is 0 Å². The van der Waals surface area contributed by atoms with Gasteiger partial charge in [0, 0.05) is 57.9 Å². The van der Waals surface area contributed by atoms with Crippen molar-refractivity contribution in [2.75, 3.05) is 45.8 Å². The quantitative estimate of drug-likeness (QED) is 0.677. The van der Waals surface area contributed by atoms with Crippen LogP contribution in [0.15, 0.2) is 0 Å². The molecule has 2 aliphatic rings. The summed E-state index contributed by atoms with van der Waals surface area (Å²) >= 11 is 0. The maximum Gasteiger partial charge on any atom is 0.0717 e. The summed E-state index contributed by atoms with van der Waals surface area (Å²) in [6.45, 7) is 22.3. The minimum absolute atomic E-state index is 0.383. The van der Waals surface area contributed by atoms with E-state index >= 15 is 0 Å². The van der Waals surface area contributed by atoms with Crippen LogP contribution < -0.4 is 0 Å². The van der Waals surface area contributed by atoms with Crippen molar-refractivity contribution >= 4 is 0 Å². The van der Waals surface area contributed by atoms with Crippen molar-refractivity contribution in [1.29, 1.82) is 0 Å². The smallest absolute Gasteiger partial charge is 0.0717 e. The van der Waals surface area contributed by atoms with Crippen molar-refractivity contribution in [3.8, 4) is 0 Å². The number of rotatable bonds is 8. The zero-order valence-corrected chi connectivity index (χ0v) is 17.0. The van der Waals surface area contributed by atoms with Gasteiger partial charge in [0.15, 0.2) is 0 Å². The Balaban J connectivity index is 1.63. The Morgan fingerprint density at radius 3 is 2.00 bits per heavy atom. The standard InChI is InChI=1S/C20H41N3O/c1-16(2)22-11-9-21(10-12-22)14-18(5)13-19(6)24-20-7-8-23(15-20)17(3)4/h16-20H,7-15H2,1-6H3. The molecule has 0 N–H and O–H groups in total. The maximum absolute atomic E-state index is 6.33. The number of ether oxygens (including phenoxy) is 1. The molecule has 2 saturated heterocycles. The Bertz CT molecular complexity index is 353. The van der Waals surface area contributed by atoms with Gasteiger partial charge >= 0.3 is 0 Å². The van der Waals surface area contributed by atoms with Crippen LogP contribution in [0.1, 0.15) is 54.4 Å². The molecule has 0 aliphatic carbocycles. The van der Waals surface area contributed by atoms with E-state index in [1.807, 2.05) is 0 Å². The van der Waals surface area contributed by atoms with Gasteiger partial charge in [-0.2, -0.15) is 0 Å². The highest BCUT2D eigenvalue weighted by molar-refractivity contribution is 4.80. The molecule has 2 aliphatic heterocycles. The molecule has 0 aromatic heterocycles. The molecule has 0 radical (unpaired) electrons. The minimum atomic E-state index is 0.383. The lowest BCUT2D eigenvalue weighted by atomic mass is 10.0. The molecule has 0 aromatic rings. The molecule has 0 saturated carbocycles. The van der Waals surface area contributed by atoms with Gasteiger partial charge in [0.25, 0.3) is 0 Å². The van der Waals surface area contributed by atoms with Crippen molar-refractivity contribution in [2.45, 2.75) is 78.7 Å². The average molecular weight is 340 g/mol. The lowest BCUT2D eigenvalue weighted by Crippen LogP contribution is -2.49. The summed E-state index contributed by atoms with van der Waals surface area (Å²) in [7, 11) is 0. The molecule has 0 bridgehead atoms. The number of piperazine rings is 1. The lowest BCUT2D eigenvalue weighted by Gasteiger charge is -2.38. The molecule has 0 spiro atoms. The highest BCUT2D eigenvalue weighted by Crippen LogP contribution is 2.20. The molecule has 2 rings (SSSR count). The molecule has 4 heteroatoms. The molecular weight excluding hydrogens is 298 g/mol. The molecule has 3 unspecified atom stereocenters. The van der Waals surface area contributed by atoms with Crippen LogP contribution in [-0.4, -0.2) is 84.8 Å². The SMILES string of the molecule is CC(CC(C)OC1CCN(C(C)C)C1)CN1CCN(C(C)C)CC1. The van der Waals surface area contributed by atoms with Crippen molar-refractivity contribution in [3.63, 3.8) is 0 Å². The highest BCUT2D eigenvalue weighted by Gasteiger charge is 2.27. The summed E-state index contributed by atoms with van der Waals surface area (Å²) in [5, 5.41) is 0. The fraction of sp³-hybridized carbons (Fsp3) is 1.00. The summed E-state index contributed by atoms with van der Waals surface area (Å²) in [5.74, 6) is 0.716. The molecule has 3 atom stereocenters. The van der Waals surface area contributed by atoms with Crippen molar-refractivity contribution in [1.82, 2.24) is 14.7 Å². The Kier molecular flexibility index (Phi) is 7.99. The first-order valence-electron chi connectivity index (χ1n) is 10.2. The van der Waals surface area contributed by atoms with E-state index in [4.69, 9.17) is 4.74 Å². The van der Waals surface area contributed by atoms with Crippen LogP contribution in [0, 0.1) is 5.92 Å². The molecule has 2 fully saturated rings. The Labute approximate surface area is 150 Å². The first-order valence-corrected chi connectivity index (χ1v) is 10.2. The first kappa shape index (κ1) is 20.2. The summed E-state index contributed by atoms with van der Waals surface area (Å²) in [6, 6.07) is 1.34. The molecular formula is C20H41N3O. The summed E-state index contributed by atoms with van der Waals surface area (Å²) in [6.07, 6.45) is 3.22. The van der Waals surface area contributed by atoms with Crippen molar-refractivity contribution in [2.24, 2.45) is 5.92 Å². The molecule has 0 aromatic carbocycles. The molecule has 24 heavy (non-hydrogen) atoms. The maximum atomic E-state index is 6.33. The molecule has 142 valence electrons. The van der Waals surface area contributed by atoms with Crippen molar-refractivity contribution in [3.05, 3.63) is 0 Å². The first-order chi connectivity index (χ1) is 11.3. The zero-order valence-electron chi connectivity index (χ0n) is 17.0. The zero-order chi connectivity index (χ0) is 17.7. The van der Waals surface area contributed by atoms with Crippen molar-refractivity contribution < 1.29 is 4.74 Å². The molecule has 4 nitrogen and oxygen atoms in total. The Morgan fingerprint density at radius 2 is 1.46 bits per heavy atom. The fourth-order valence-electron chi connectivity index (χ4n) is 4.26. The van der Waals surface area contributed by atoms with Gasteiger partial charge in [-0.05, 0) is 53.4 Å². The van der Waals surface area contributed by atoms with E-state index in [1.165, 1.54) is 52.1 Å². The van der Waals surface area contributed by atoms with Gasteiger partial charge in [-0.3, -0.25) is 9.80 Å². The van der Waals surface area contributed by atoms with Gasteiger partial charge in [0.2, 0.25) is 0 Å². The second kappa shape index (κ2) is 9.51. The average Bonchev–Trinajstić information content (AvgIpc) is 2.96. The highest BCUT2D eigenvalue weighted by atomic mass is 16.5. The fourth-order valence-corrected chi connectivity index (χ4v) is 4.26. The second-order valence-electron chi connectivity index (χ2n) is 8.72. The monoisotopic (exact) mass is 339 g/mol.